The summed E-state index contributed by atoms with van der Waals surface area (Å²) in [6, 6.07) is 4.71. The van der Waals surface area contributed by atoms with Crippen LogP contribution in [-0.4, -0.2) is 92.9 Å². The van der Waals surface area contributed by atoms with Crippen molar-refractivity contribution in [3.63, 3.8) is 0 Å². The highest BCUT2D eigenvalue weighted by Gasteiger charge is 2.46. The smallest absolute Gasteiger partial charge is 0.339 e. The highest BCUT2D eigenvalue weighted by Crippen LogP contribution is 2.53. The Balaban J connectivity index is 1.60. The number of nitrogens with one attached hydrogen (secondary N) is 1. The first-order valence-electron chi connectivity index (χ1n) is 13.4. The highest BCUT2D eigenvalue weighted by molar-refractivity contribution is 7.46. The molecule has 2 aromatic rings. The summed E-state index contributed by atoms with van der Waals surface area (Å²) in [7, 11) is -1.98. The maximum absolute atomic E-state index is 14.2. The number of carbonyl (C=O) groups is 4. The molecule has 1 unspecified atom stereocenters. The third kappa shape index (κ3) is 6.39. The monoisotopic (exact) mass is 623 g/mol. The maximum Gasteiger partial charge on any atom is 0.339 e. The van der Waals surface area contributed by atoms with Gasteiger partial charge in [0, 0.05) is 49.9 Å². The largest absolute Gasteiger partial charge is 0.346 e. The molecule has 226 valence electrons. The van der Waals surface area contributed by atoms with E-state index in [9.17, 15) is 28.0 Å². The van der Waals surface area contributed by atoms with Crippen LogP contribution in [-0.2, 0) is 20.0 Å². The molecule has 2 aliphatic rings. The van der Waals surface area contributed by atoms with Crippen molar-refractivity contribution in [1.82, 2.24) is 20.0 Å². The van der Waals surface area contributed by atoms with Gasteiger partial charge in [0.25, 0.3) is 5.91 Å². The van der Waals surface area contributed by atoms with Gasteiger partial charge in [0.15, 0.2) is 0 Å². The molecule has 42 heavy (non-hydrogen) atoms. The van der Waals surface area contributed by atoms with E-state index in [2.05, 4.69) is 11.4 Å². The van der Waals surface area contributed by atoms with E-state index in [1.807, 2.05) is 0 Å². The Kier molecular flexibility index (Phi) is 9.47. The van der Waals surface area contributed by atoms with E-state index in [0.29, 0.717) is 30.5 Å². The van der Waals surface area contributed by atoms with E-state index in [4.69, 9.17) is 15.0 Å². The van der Waals surface area contributed by atoms with Gasteiger partial charge in [0.1, 0.15) is 12.1 Å². The van der Waals surface area contributed by atoms with E-state index in [1.165, 1.54) is 33.8 Å². The minimum absolute atomic E-state index is 0.108. The van der Waals surface area contributed by atoms with Crippen LogP contribution in [0.5, 0.6) is 0 Å². The number of nitriles is 1. The number of benzene rings is 1. The van der Waals surface area contributed by atoms with Gasteiger partial charge in [0.05, 0.1) is 16.9 Å². The highest BCUT2D eigenvalue weighted by atomic mass is 32.1. The van der Waals surface area contributed by atoms with Crippen LogP contribution in [0.1, 0.15) is 48.3 Å². The number of fused-ring (bicyclic) bond motifs is 2. The Labute approximate surface area is 246 Å². The fourth-order valence-corrected chi connectivity index (χ4v) is 6.81. The Morgan fingerprint density at radius 1 is 1.26 bits per heavy atom. The Hall–Kier alpha value is -3.24. The van der Waals surface area contributed by atoms with Crippen molar-refractivity contribution >= 4 is 53.4 Å². The average Bonchev–Trinajstić information content (AvgIpc) is 3.56. The lowest BCUT2D eigenvalue weighted by Crippen LogP contribution is -2.61. The van der Waals surface area contributed by atoms with Gasteiger partial charge in [-0.25, -0.2) is 0 Å². The zero-order chi connectivity index (χ0) is 30.9. The van der Waals surface area contributed by atoms with Crippen LogP contribution in [0, 0.1) is 17.2 Å². The molecular weight excluding hydrogens is 591 g/mol. The molecule has 0 radical (unpaired) electrons. The third-order valence-corrected chi connectivity index (χ3v) is 9.58. The summed E-state index contributed by atoms with van der Waals surface area (Å²) < 4.78 is 28.8. The summed E-state index contributed by atoms with van der Waals surface area (Å²) in [6.45, 7) is 3.49. The number of hydrogen-bond acceptors (Lipinski definition) is 8. The van der Waals surface area contributed by atoms with Crippen LogP contribution < -0.4 is 5.32 Å². The van der Waals surface area contributed by atoms with Crippen molar-refractivity contribution in [3.8, 4) is 6.07 Å². The van der Waals surface area contributed by atoms with Gasteiger partial charge >= 0.3 is 5.66 Å². The number of nitrogens with zero attached hydrogens (tertiary/aromatic N) is 4. The number of likely N-dealkylation sites (N-methyl/N-ethyl adjacent to an activating group) is 1. The molecule has 0 bridgehead atoms. The summed E-state index contributed by atoms with van der Waals surface area (Å²) in [5.74, 6) is -2.12. The van der Waals surface area contributed by atoms with Crippen LogP contribution in [0.2, 0.25) is 0 Å². The minimum Gasteiger partial charge on any atom is -0.346 e. The molecule has 2 fully saturated rings. The molecule has 2 saturated heterocycles. The van der Waals surface area contributed by atoms with Gasteiger partial charge in [-0.05, 0) is 49.8 Å². The maximum atomic E-state index is 14.2. The van der Waals surface area contributed by atoms with Gasteiger partial charge in [0.2, 0.25) is 26.1 Å². The van der Waals surface area contributed by atoms with Crippen molar-refractivity contribution in [1.29, 1.82) is 5.26 Å². The lowest BCUT2D eigenvalue weighted by atomic mass is 10.1. The lowest BCUT2D eigenvalue weighted by Gasteiger charge is -2.39. The number of halogens is 2. The lowest BCUT2D eigenvalue weighted by molar-refractivity contribution is -0.148. The molecule has 3 heterocycles. The Morgan fingerprint density at radius 3 is 2.62 bits per heavy atom. The fourth-order valence-electron chi connectivity index (χ4n) is 5.49. The second kappa shape index (κ2) is 12.6. The molecular formula is C27H32F2N5O6PS. The predicted octanol–water partition coefficient (Wildman–Crippen LogP) is 2.58. The molecule has 0 spiro atoms. The fraction of sp³-hybridized carbons (Fsp3) is 0.519. The second-order valence-electron chi connectivity index (χ2n) is 10.7. The third-order valence-electron chi connectivity index (χ3n) is 7.71. The average molecular weight is 624 g/mol. The van der Waals surface area contributed by atoms with Crippen molar-refractivity contribution in [2.24, 2.45) is 5.92 Å². The summed E-state index contributed by atoms with van der Waals surface area (Å²) in [6.07, 6.45) is 1.43. The zero-order valence-corrected chi connectivity index (χ0v) is 25.0. The minimum atomic E-state index is -3.85. The van der Waals surface area contributed by atoms with Crippen molar-refractivity contribution in [3.05, 3.63) is 34.7 Å². The summed E-state index contributed by atoms with van der Waals surface area (Å²) in [5.41, 5.74) is -4.45. The number of alkyl halides is 2. The number of amides is 4. The molecule has 3 N–H and O–H groups in total. The standard InChI is InChI=1S/C27H32F2N5O6PS/c1-15(12-30)13-32(3)26(38)21-6-5-19-8-9-33(16(2)35)14-20(25(37)34(19)21)31-24(36)23-11-17-10-18(4-7-22(17)42-23)27(28,29)41(39)40/h4,7,10-11,15,19-21,39-40H,5-6,8-9,13-14H2,1-3H3,(H,31,36)/t15?,19-,20+,21+/m1/s1. The van der Waals surface area contributed by atoms with E-state index >= 15 is 0 Å². The van der Waals surface area contributed by atoms with Crippen molar-refractivity contribution in [2.75, 3.05) is 26.7 Å². The van der Waals surface area contributed by atoms with Crippen LogP contribution in [0.15, 0.2) is 24.3 Å². The molecule has 1 aromatic heterocycles. The first-order valence-corrected chi connectivity index (χ1v) is 15.4. The summed E-state index contributed by atoms with van der Waals surface area (Å²) in [5, 5.41) is 12.1. The quantitative estimate of drug-likeness (QED) is 0.401. The normalized spacial score (nSPS) is 21.9. The van der Waals surface area contributed by atoms with Gasteiger partial charge in [-0.1, -0.05) is 6.07 Å². The first kappa shape index (κ1) is 31.7. The van der Waals surface area contributed by atoms with E-state index in [-0.39, 0.29) is 41.2 Å². The summed E-state index contributed by atoms with van der Waals surface area (Å²) in [4.78, 5) is 75.8. The molecule has 4 amide bonds. The van der Waals surface area contributed by atoms with Gasteiger partial charge < -0.3 is 29.8 Å². The van der Waals surface area contributed by atoms with Crippen molar-refractivity contribution in [2.45, 2.75) is 56.9 Å². The molecule has 0 aliphatic carbocycles. The van der Waals surface area contributed by atoms with E-state index < -0.39 is 49.4 Å². The molecule has 4 atom stereocenters. The summed E-state index contributed by atoms with van der Waals surface area (Å²) >= 11 is 1.01. The number of thiophene rings is 1. The van der Waals surface area contributed by atoms with Crippen molar-refractivity contribution < 1.29 is 37.7 Å². The molecule has 15 heteroatoms. The van der Waals surface area contributed by atoms with Crippen LogP contribution in [0.3, 0.4) is 0 Å². The molecule has 1 aromatic carbocycles. The number of rotatable bonds is 7. The molecule has 4 rings (SSSR count). The Morgan fingerprint density at radius 2 is 1.98 bits per heavy atom. The number of hydrogen-bond donors (Lipinski definition) is 3. The predicted molar refractivity (Wildman–Crippen MR) is 151 cm³/mol. The van der Waals surface area contributed by atoms with Gasteiger partial charge in [-0.3, -0.25) is 19.2 Å². The van der Waals surface area contributed by atoms with Gasteiger partial charge in [-0.2, -0.15) is 14.0 Å². The molecule has 11 nitrogen and oxygen atoms in total. The van der Waals surface area contributed by atoms with Crippen LogP contribution in [0.4, 0.5) is 8.78 Å². The van der Waals surface area contributed by atoms with E-state index in [1.54, 1.807) is 14.0 Å². The topological polar surface area (TPSA) is 154 Å². The molecule has 2 aliphatic heterocycles. The van der Waals surface area contributed by atoms with Crippen LogP contribution in [0.25, 0.3) is 10.1 Å². The first-order chi connectivity index (χ1) is 19.7. The zero-order valence-electron chi connectivity index (χ0n) is 23.3. The SMILES string of the molecule is CC(=O)N1CC[C@H]2CC[C@@H](C(=O)N(C)CC(C)C#N)N2C(=O)[C@@H](NC(=O)c2cc3cc(C(F)(F)P(O)O)ccc3s2)C1. The molecule has 0 saturated carbocycles. The second-order valence-corrected chi connectivity index (χ2v) is 12.9. The number of carbonyl (C=O) groups excluding carboxylic acids is 4. The van der Waals surface area contributed by atoms with Gasteiger partial charge in [-0.15, -0.1) is 11.3 Å². The Bertz CT molecular complexity index is 1430. The van der Waals surface area contributed by atoms with Crippen LogP contribution >= 0.6 is 19.7 Å². The van der Waals surface area contributed by atoms with E-state index in [0.717, 1.165) is 23.5 Å².